The van der Waals surface area contributed by atoms with Crippen molar-refractivity contribution >= 4 is 17.5 Å². The topological polar surface area (TPSA) is 83.1 Å². The maximum Gasteiger partial charge on any atom is 0.414 e. The Morgan fingerprint density at radius 1 is 1.31 bits per heavy atom. The molecular formula is C21H26FN3O4. The molecule has 1 fully saturated rings. The van der Waals surface area contributed by atoms with E-state index >= 15 is 0 Å². The fourth-order valence-electron chi connectivity index (χ4n) is 3.16. The molecule has 7 nitrogen and oxygen atoms in total. The van der Waals surface area contributed by atoms with Gasteiger partial charge >= 0.3 is 6.09 Å². The van der Waals surface area contributed by atoms with E-state index in [-0.39, 0.29) is 31.0 Å². The summed E-state index contributed by atoms with van der Waals surface area (Å²) in [6, 6.07) is 12.3. The van der Waals surface area contributed by atoms with Crippen LogP contribution < -0.4 is 20.3 Å². The minimum absolute atomic E-state index is 0.0722. The Morgan fingerprint density at radius 3 is 2.72 bits per heavy atom. The van der Waals surface area contributed by atoms with Crippen LogP contribution in [0, 0.1) is 5.82 Å². The Bertz CT molecular complexity index is 831. The summed E-state index contributed by atoms with van der Waals surface area (Å²) in [7, 11) is 1.63. The van der Waals surface area contributed by atoms with Gasteiger partial charge < -0.3 is 25.2 Å². The normalized spacial score (nSPS) is 17.2. The standard InChI is InChI=1S/C21H26FN3O4/c1-14(15-3-6-17(28-2)7-4-15)24-12-18-13-25(21(27)29-18)16-5-8-20(19(22)11-16)23-9-10-26/h3-8,11,14,18,23-24,26H,9-10,12-13H2,1-2H3/t14-,18-/m0/s1. The smallest absolute Gasteiger partial charge is 0.414 e. The molecule has 0 saturated carbocycles. The van der Waals surface area contributed by atoms with E-state index in [1.807, 2.05) is 31.2 Å². The molecule has 0 aromatic heterocycles. The number of aliphatic hydroxyl groups is 1. The second-order valence-corrected chi connectivity index (χ2v) is 6.83. The molecule has 3 N–H and O–H groups in total. The number of hydrogen-bond acceptors (Lipinski definition) is 6. The van der Waals surface area contributed by atoms with Crippen LogP contribution in [-0.4, -0.2) is 50.7 Å². The first-order chi connectivity index (χ1) is 14.0. The van der Waals surface area contributed by atoms with Gasteiger partial charge in [0.2, 0.25) is 0 Å². The first kappa shape index (κ1) is 20.9. The Balaban J connectivity index is 1.56. The quantitative estimate of drug-likeness (QED) is 0.597. The Morgan fingerprint density at radius 2 is 2.07 bits per heavy atom. The molecule has 0 unspecified atom stereocenters. The van der Waals surface area contributed by atoms with Crippen LogP contribution in [0.3, 0.4) is 0 Å². The van der Waals surface area contributed by atoms with Crippen molar-refractivity contribution in [2.45, 2.75) is 19.1 Å². The minimum atomic E-state index is -0.496. The number of hydrogen-bond donors (Lipinski definition) is 3. The third kappa shape index (κ3) is 5.16. The van der Waals surface area contributed by atoms with Gasteiger partial charge in [0.15, 0.2) is 0 Å². The maximum atomic E-state index is 14.2. The van der Waals surface area contributed by atoms with Crippen LogP contribution in [0.15, 0.2) is 42.5 Å². The lowest BCUT2D eigenvalue weighted by Crippen LogP contribution is -2.32. The van der Waals surface area contributed by atoms with Gasteiger partial charge in [-0.1, -0.05) is 12.1 Å². The average Bonchev–Trinajstić information content (AvgIpc) is 3.11. The number of cyclic esters (lactones) is 1. The van der Waals surface area contributed by atoms with Crippen molar-refractivity contribution in [2.24, 2.45) is 0 Å². The summed E-state index contributed by atoms with van der Waals surface area (Å²) < 4.78 is 24.8. The lowest BCUT2D eigenvalue weighted by Gasteiger charge is -2.17. The van der Waals surface area contributed by atoms with Crippen molar-refractivity contribution in [1.82, 2.24) is 5.32 Å². The predicted molar refractivity (Wildman–Crippen MR) is 109 cm³/mol. The summed E-state index contributed by atoms with van der Waals surface area (Å²) in [5, 5.41) is 15.0. The summed E-state index contributed by atoms with van der Waals surface area (Å²) in [6.45, 7) is 3.01. The van der Waals surface area contributed by atoms with E-state index in [2.05, 4.69) is 10.6 Å². The third-order valence-electron chi connectivity index (χ3n) is 4.83. The van der Waals surface area contributed by atoms with Crippen molar-refractivity contribution in [2.75, 3.05) is 43.6 Å². The van der Waals surface area contributed by atoms with Gasteiger partial charge in [-0.15, -0.1) is 0 Å². The zero-order valence-corrected chi connectivity index (χ0v) is 16.5. The SMILES string of the molecule is COc1ccc([C@H](C)NC[C@H]2CN(c3ccc(NCCO)c(F)c3)C(=O)O2)cc1. The number of methoxy groups -OCH3 is 1. The molecule has 1 aliphatic heterocycles. The van der Waals surface area contributed by atoms with Crippen LogP contribution in [0.4, 0.5) is 20.6 Å². The lowest BCUT2D eigenvalue weighted by atomic mass is 10.1. The van der Waals surface area contributed by atoms with Gasteiger partial charge in [-0.05, 0) is 42.8 Å². The minimum Gasteiger partial charge on any atom is -0.497 e. The second kappa shape index (κ2) is 9.58. The molecular weight excluding hydrogens is 377 g/mol. The number of halogens is 1. The maximum absolute atomic E-state index is 14.2. The molecule has 1 aliphatic rings. The fourth-order valence-corrected chi connectivity index (χ4v) is 3.16. The molecule has 0 aliphatic carbocycles. The number of nitrogens with zero attached hydrogens (tertiary/aromatic N) is 1. The van der Waals surface area contributed by atoms with E-state index in [4.69, 9.17) is 14.6 Å². The summed E-state index contributed by atoms with van der Waals surface area (Å²) >= 11 is 0. The highest BCUT2D eigenvalue weighted by Crippen LogP contribution is 2.26. The Labute approximate surface area is 169 Å². The summed E-state index contributed by atoms with van der Waals surface area (Å²) in [5.74, 6) is 0.310. The molecule has 0 radical (unpaired) electrons. The van der Waals surface area contributed by atoms with Crippen LogP contribution in [0.1, 0.15) is 18.5 Å². The van der Waals surface area contributed by atoms with E-state index in [0.717, 1.165) is 11.3 Å². The number of carbonyl (C=O) groups excluding carboxylic acids is 1. The molecule has 2 aromatic carbocycles. The number of amides is 1. The number of carbonyl (C=O) groups is 1. The molecule has 0 spiro atoms. The van der Waals surface area contributed by atoms with Gasteiger partial charge in [0, 0.05) is 19.1 Å². The molecule has 1 saturated heterocycles. The molecule has 2 atom stereocenters. The number of benzene rings is 2. The Hall–Kier alpha value is -2.84. The van der Waals surface area contributed by atoms with Gasteiger partial charge in [0.1, 0.15) is 17.7 Å². The van der Waals surface area contributed by atoms with Crippen LogP contribution in [0.2, 0.25) is 0 Å². The number of ether oxygens (including phenoxy) is 2. The van der Waals surface area contributed by atoms with E-state index in [1.165, 1.54) is 11.0 Å². The van der Waals surface area contributed by atoms with E-state index in [0.29, 0.717) is 18.8 Å². The first-order valence-electron chi connectivity index (χ1n) is 9.51. The van der Waals surface area contributed by atoms with Crippen molar-refractivity contribution in [3.05, 3.63) is 53.8 Å². The molecule has 0 bridgehead atoms. The molecule has 2 aromatic rings. The predicted octanol–water partition coefficient (Wildman–Crippen LogP) is 2.91. The molecule has 29 heavy (non-hydrogen) atoms. The van der Waals surface area contributed by atoms with Crippen LogP contribution in [0.25, 0.3) is 0 Å². The van der Waals surface area contributed by atoms with Gasteiger partial charge in [-0.25, -0.2) is 9.18 Å². The fraction of sp³-hybridized carbons (Fsp3) is 0.381. The van der Waals surface area contributed by atoms with E-state index < -0.39 is 11.9 Å². The summed E-state index contributed by atoms with van der Waals surface area (Å²) in [5.41, 5.74) is 1.81. The highest BCUT2D eigenvalue weighted by Gasteiger charge is 2.32. The highest BCUT2D eigenvalue weighted by atomic mass is 19.1. The molecule has 156 valence electrons. The van der Waals surface area contributed by atoms with Crippen molar-refractivity contribution in [3.8, 4) is 5.75 Å². The van der Waals surface area contributed by atoms with Gasteiger partial charge in [-0.3, -0.25) is 4.90 Å². The summed E-state index contributed by atoms with van der Waals surface area (Å²) in [4.78, 5) is 13.6. The van der Waals surface area contributed by atoms with Gasteiger partial charge in [0.25, 0.3) is 0 Å². The van der Waals surface area contributed by atoms with Crippen molar-refractivity contribution in [3.63, 3.8) is 0 Å². The third-order valence-corrected chi connectivity index (χ3v) is 4.83. The number of anilines is 2. The average molecular weight is 403 g/mol. The van der Waals surface area contributed by atoms with Crippen LogP contribution >= 0.6 is 0 Å². The monoisotopic (exact) mass is 403 g/mol. The van der Waals surface area contributed by atoms with Crippen molar-refractivity contribution in [1.29, 1.82) is 0 Å². The number of nitrogens with one attached hydrogen (secondary N) is 2. The number of rotatable bonds is 9. The highest BCUT2D eigenvalue weighted by molar-refractivity contribution is 5.90. The zero-order chi connectivity index (χ0) is 20.8. The Kier molecular flexibility index (Phi) is 6.90. The lowest BCUT2D eigenvalue weighted by molar-refractivity contribution is 0.138. The molecule has 1 amide bonds. The summed E-state index contributed by atoms with van der Waals surface area (Å²) in [6.07, 6.45) is -0.831. The van der Waals surface area contributed by atoms with Crippen molar-refractivity contribution < 1.29 is 23.8 Å². The first-order valence-corrected chi connectivity index (χ1v) is 9.51. The molecule has 1 heterocycles. The van der Waals surface area contributed by atoms with Crippen LogP contribution in [-0.2, 0) is 4.74 Å². The second-order valence-electron chi connectivity index (χ2n) is 6.83. The molecule has 3 rings (SSSR count). The zero-order valence-electron chi connectivity index (χ0n) is 16.5. The largest absolute Gasteiger partial charge is 0.497 e. The van der Waals surface area contributed by atoms with Gasteiger partial charge in [-0.2, -0.15) is 0 Å². The molecule has 8 heteroatoms. The number of aliphatic hydroxyl groups excluding tert-OH is 1. The van der Waals surface area contributed by atoms with E-state index in [9.17, 15) is 9.18 Å². The van der Waals surface area contributed by atoms with E-state index in [1.54, 1.807) is 19.2 Å². The van der Waals surface area contributed by atoms with Crippen LogP contribution in [0.5, 0.6) is 5.75 Å². The van der Waals surface area contributed by atoms with Gasteiger partial charge in [0.05, 0.1) is 31.6 Å².